The fourth-order valence-corrected chi connectivity index (χ4v) is 3.41. The van der Waals surface area contributed by atoms with Crippen molar-refractivity contribution < 1.29 is 19.5 Å². The lowest BCUT2D eigenvalue weighted by molar-refractivity contribution is -0.118. The van der Waals surface area contributed by atoms with Crippen molar-refractivity contribution in [2.45, 2.75) is 33.1 Å². The number of nitrogens with one attached hydrogen (secondary N) is 3. The molecule has 9 heteroatoms. The molecule has 0 spiro atoms. The van der Waals surface area contributed by atoms with Crippen LogP contribution >= 0.6 is 0 Å². The van der Waals surface area contributed by atoms with Crippen molar-refractivity contribution in [2.75, 3.05) is 22.6 Å². The Labute approximate surface area is 209 Å². The lowest BCUT2D eigenvalue weighted by atomic mass is 9.85. The zero-order valence-corrected chi connectivity index (χ0v) is 20.5. The van der Waals surface area contributed by atoms with Gasteiger partial charge in [0.15, 0.2) is 0 Å². The van der Waals surface area contributed by atoms with Gasteiger partial charge in [-0.1, -0.05) is 18.2 Å². The van der Waals surface area contributed by atoms with Crippen molar-refractivity contribution in [1.29, 1.82) is 5.26 Å². The summed E-state index contributed by atoms with van der Waals surface area (Å²) in [6.07, 6.45) is 1.40. The number of carbonyl (C=O) groups excluding carboxylic acids is 3. The molecule has 36 heavy (non-hydrogen) atoms. The minimum absolute atomic E-state index is 0.287. The summed E-state index contributed by atoms with van der Waals surface area (Å²) < 4.78 is 0. The highest BCUT2D eigenvalue weighted by Gasteiger charge is 2.21. The van der Waals surface area contributed by atoms with Gasteiger partial charge in [-0.15, -0.1) is 0 Å². The smallest absolute Gasteiger partial charge is 0.256 e. The molecule has 0 aliphatic rings. The van der Waals surface area contributed by atoms with Gasteiger partial charge in [-0.05, 0) is 74.7 Å². The summed E-state index contributed by atoms with van der Waals surface area (Å²) in [7, 11) is 0. The molecule has 0 fully saturated rings. The van der Waals surface area contributed by atoms with E-state index in [0.717, 1.165) is 5.56 Å². The van der Waals surface area contributed by atoms with Crippen LogP contribution in [0.1, 0.15) is 51.3 Å². The Balaban J connectivity index is 1.77. The number of aryl methyl sites for hydroxylation is 2. The van der Waals surface area contributed by atoms with E-state index in [9.17, 15) is 19.6 Å². The third-order valence-corrected chi connectivity index (χ3v) is 5.60. The summed E-state index contributed by atoms with van der Waals surface area (Å²) in [5.74, 6) is -1.05. The first-order chi connectivity index (χ1) is 17.0. The van der Waals surface area contributed by atoms with Gasteiger partial charge in [-0.3, -0.25) is 14.4 Å². The van der Waals surface area contributed by atoms with E-state index in [0.29, 0.717) is 33.6 Å². The van der Waals surface area contributed by atoms with Gasteiger partial charge in [0.2, 0.25) is 0 Å². The summed E-state index contributed by atoms with van der Waals surface area (Å²) in [6, 6.07) is 15.8. The molecule has 0 radical (unpaired) electrons. The van der Waals surface area contributed by atoms with Crippen LogP contribution in [0, 0.1) is 25.2 Å². The molecule has 0 atom stereocenters. The fraction of sp³-hybridized carbons (Fsp3) is 0.222. The number of hydrogen-bond donors (Lipinski definition) is 4. The van der Waals surface area contributed by atoms with Gasteiger partial charge in [0.25, 0.3) is 17.7 Å². The average molecular weight is 486 g/mol. The van der Waals surface area contributed by atoms with E-state index in [-0.39, 0.29) is 11.7 Å². The second kappa shape index (κ2) is 10.8. The number of aliphatic hydroxyl groups excluding tert-OH is 1. The predicted octanol–water partition coefficient (Wildman–Crippen LogP) is 3.94. The number of nitrogens with zero attached hydrogens (tertiary/aromatic N) is 2. The van der Waals surface area contributed by atoms with Crippen LogP contribution in [0.15, 0.2) is 54.7 Å². The molecule has 0 aliphatic heterocycles. The summed E-state index contributed by atoms with van der Waals surface area (Å²) in [5.41, 5.74) is 2.94. The zero-order chi connectivity index (χ0) is 26.5. The van der Waals surface area contributed by atoms with Crippen LogP contribution in [0.3, 0.4) is 0 Å². The van der Waals surface area contributed by atoms with Gasteiger partial charge in [0, 0.05) is 16.8 Å². The van der Waals surface area contributed by atoms with Gasteiger partial charge in [-0.2, -0.15) is 5.26 Å². The van der Waals surface area contributed by atoms with E-state index in [1.807, 2.05) is 0 Å². The van der Waals surface area contributed by atoms with Crippen molar-refractivity contribution in [3.05, 3.63) is 82.5 Å². The van der Waals surface area contributed by atoms with E-state index in [1.54, 1.807) is 76.2 Å². The monoisotopic (exact) mass is 485 g/mol. The van der Waals surface area contributed by atoms with Crippen LogP contribution in [0.2, 0.25) is 0 Å². The molecule has 9 nitrogen and oxygen atoms in total. The van der Waals surface area contributed by atoms with Crippen molar-refractivity contribution >= 4 is 34.9 Å². The van der Waals surface area contributed by atoms with E-state index < -0.39 is 23.8 Å². The van der Waals surface area contributed by atoms with Crippen LogP contribution in [-0.4, -0.2) is 34.4 Å². The normalized spacial score (nSPS) is 10.8. The first-order valence-electron chi connectivity index (χ1n) is 11.2. The second-order valence-electron chi connectivity index (χ2n) is 8.85. The number of nitriles is 1. The van der Waals surface area contributed by atoms with Gasteiger partial charge in [0.05, 0.1) is 23.4 Å². The Morgan fingerprint density at radius 3 is 2.33 bits per heavy atom. The van der Waals surface area contributed by atoms with Crippen LogP contribution < -0.4 is 16.0 Å². The quantitative estimate of drug-likeness (QED) is 0.399. The summed E-state index contributed by atoms with van der Waals surface area (Å²) in [5, 5.41) is 26.3. The maximum absolute atomic E-state index is 13.0. The molecule has 184 valence electrons. The molecular weight excluding hydrogens is 458 g/mol. The number of rotatable bonds is 7. The van der Waals surface area contributed by atoms with E-state index in [2.05, 4.69) is 27.0 Å². The third-order valence-electron chi connectivity index (χ3n) is 5.60. The predicted molar refractivity (Wildman–Crippen MR) is 137 cm³/mol. The molecule has 0 saturated carbocycles. The molecule has 3 aromatic rings. The van der Waals surface area contributed by atoms with Gasteiger partial charge >= 0.3 is 0 Å². The number of hydrogen-bond acceptors (Lipinski definition) is 6. The number of carbonyl (C=O) groups is 3. The lowest BCUT2D eigenvalue weighted by Gasteiger charge is -2.16. The Hall–Kier alpha value is -4.55. The summed E-state index contributed by atoms with van der Waals surface area (Å²) in [6.45, 7) is 6.40. The molecule has 1 heterocycles. The van der Waals surface area contributed by atoms with Crippen LogP contribution in [0.4, 0.5) is 17.2 Å². The molecule has 0 aliphatic carbocycles. The topological polar surface area (TPSA) is 144 Å². The van der Waals surface area contributed by atoms with Crippen molar-refractivity contribution in [3.63, 3.8) is 0 Å². The second-order valence-corrected chi connectivity index (χ2v) is 8.85. The average Bonchev–Trinajstić information content (AvgIpc) is 2.86. The zero-order valence-electron chi connectivity index (χ0n) is 20.5. The third kappa shape index (κ3) is 6.11. The standard InChI is InChI=1S/C27H27N5O4/c1-16-8-9-20(30-25(35)18-6-5-7-19(11-18)27(3,4)15-28)12-22(16)26(36)31-21-10-17(2)24(29-13-21)32-23(34)14-33/h5-13,33H,14H2,1-4H3,(H,30,35)(H,31,36)(H,29,32,34). The maximum atomic E-state index is 13.0. The molecule has 3 rings (SSSR count). The number of pyridine rings is 1. The first kappa shape index (κ1) is 26.1. The number of amides is 3. The molecule has 4 N–H and O–H groups in total. The van der Waals surface area contributed by atoms with E-state index >= 15 is 0 Å². The molecule has 3 amide bonds. The minimum Gasteiger partial charge on any atom is -0.387 e. The first-order valence-corrected chi connectivity index (χ1v) is 11.2. The molecule has 0 saturated heterocycles. The number of anilines is 3. The summed E-state index contributed by atoms with van der Waals surface area (Å²) in [4.78, 5) is 41.3. The Morgan fingerprint density at radius 2 is 1.67 bits per heavy atom. The van der Waals surface area contributed by atoms with E-state index in [4.69, 9.17) is 5.11 Å². The molecule has 0 bridgehead atoms. The van der Waals surface area contributed by atoms with Crippen molar-refractivity contribution in [3.8, 4) is 6.07 Å². The largest absolute Gasteiger partial charge is 0.387 e. The molecule has 2 aromatic carbocycles. The van der Waals surface area contributed by atoms with Crippen molar-refractivity contribution in [2.24, 2.45) is 0 Å². The maximum Gasteiger partial charge on any atom is 0.256 e. The van der Waals surface area contributed by atoms with Crippen molar-refractivity contribution in [1.82, 2.24) is 4.98 Å². The molecular formula is C27H27N5O4. The van der Waals surface area contributed by atoms with E-state index in [1.165, 1.54) is 6.20 Å². The molecule has 1 aromatic heterocycles. The summed E-state index contributed by atoms with van der Waals surface area (Å²) >= 11 is 0. The van der Waals surface area contributed by atoms with Gasteiger partial charge in [0.1, 0.15) is 12.4 Å². The highest BCUT2D eigenvalue weighted by atomic mass is 16.3. The highest BCUT2D eigenvalue weighted by molar-refractivity contribution is 6.08. The van der Waals surface area contributed by atoms with Gasteiger partial charge < -0.3 is 21.1 Å². The number of aliphatic hydroxyl groups is 1. The SMILES string of the molecule is Cc1ccc(NC(=O)c2cccc(C(C)(C)C#N)c2)cc1C(=O)Nc1cnc(NC(=O)CO)c(C)c1. The number of aromatic nitrogens is 1. The molecule has 0 unspecified atom stereocenters. The number of benzene rings is 2. The highest BCUT2D eigenvalue weighted by Crippen LogP contribution is 2.24. The fourth-order valence-electron chi connectivity index (χ4n) is 3.41. The Bertz CT molecular complexity index is 1370. The minimum atomic E-state index is -0.735. The Morgan fingerprint density at radius 1 is 0.944 bits per heavy atom. The lowest BCUT2D eigenvalue weighted by Crippen LogP contribution is -2.18. The van der Waals surface area contributed by atoms with Crippen LogP contribution in [-0.2, 0) is 10.2 Å². The van der Waals surface area contributed by atoms with Gasteiger partial charge in [-0.25, -0.2) is 4.98 Å². The van der Waals surface area contributed by atoms with Crippen LogP contribution in [0.5, 0.6) is 0 Å². The van der Waals surface area contributed by atoms with Crippen LogP contribution in [0.25, 0.3) is 0 Å². The Kier molecular flexibility index (Phi) is 7.82.